The Morgan fingerprint density at radius 3 is 2.96 bits per heavy atom. The number of amides is 1. The van der Waals surface area contributed by atoms with E-state index in [0.29, 0.717) is 23.0 Å². The number of nitrogens with zero attached hydrogens (tertiary/aromatic N) is 1. The molecule has 7 heteroatoms. The molecule has 2 N–H and O–H groups in total. The Hall–Kier alpha value is -2.43. The summed E-state index contributed by atoms with van der Waals surface area (Å²) in [6.45, 7) is 2.96. The molecule has 0 bridgehead atoms. The molecule has 2 aromatic rings. The monoisotopic (exact) mass is 402 g/mol. The van der Waals surface area contributed by atoms with E-state index in [1.165, 1.54) is 29.4 Å². The van der Waals surface area contributed by atoms with Crippen LogP contribution in [0.3, 0.4) is 0 Å². The zero-order valence-electron chi connectivity index (χ0n) is 16.4. The fourth-order valence-corrected chi connectivity index (χ4v) is 5.01. The van der Waals surface area contributed by atoms with Crippen molar-refractivity contribution in [3.63, 3.8) is 0 Å². The van der Waals surface area contributed by atoms with Crippen molar-refractivity contribution in [1.82, 2.24) is 0 Å². The predicted molar refractivity (Wildman–Crippen MR) is 107 cm³/mol. The Morgan fingerprint density at radius 1 is 1.50 bits per heavy atom. The summed E-state index contributed by atoms with van der Waals surface area (Å²) in [6.07, 6.45) is 2.95. The van der Waals surface area contributed by atoms with Crippen LogP contribution in [0, 0.1) is 23.1 Å². The zero-order chi connectivity index (χ0) is 20.3. The molecule has 1 unspecified atom stereocenters. The van der Waals surface area contributed by atoms with Crippen LogP contribution >= 0.6 is 11.3 Å². The third kappa shape index (κ3) is 4.51. The minimum absolute atomic E-state index is 0.144. The van der Waals surface area contributed by atoms with E-state index in [9.17, 15) is 14.4 Å². The third-order valence-electron chi connectivity index (χ3n) is 5.06. The predicted octanol–water partition coefficient (Wildman–Crippen LogP) is 2.55. The maximum Gasteiger partial charge on any atom is 0.280 e. The van der Waals surface area contributed by atoms with Gasteiger partial charge in [-0.25, -0.2) is 4.39 Å². The van der Waals surface area contributed by atoms with E-state index in [2.05, 4.69) is 18.3 Å². The standard InChI is InChI=1S/C21H24FN3O2S/c1-13-4-6-15-16(10-23)21(28-19(15)8-13)24-20(26)12-25(2)11-14-5-7-18(27-3)17(22)9-14/h5,7,9,13H,4,6,8,11-12H2,1-3H3,(H,24,26)/p+1/t13-/m1/s1. The average Bonchev–Trinajstić information content (AvgIpc) is 2.97. The number of methoxy groups -OCH3 is 1. The highest BCUT2D eigenvalue weighted by atomic mass is 32.1. The zero-order valence-corrected chi connectivity index (χ0v) is 17.2. The molecule has 2 atom stereocenters. The van der Waals surface area contributed by atoms with E-state index in [-0.39, 0.29) is 18.2 Å². The Kier molecular flexibility index (Phi) is 6.32. The normalized spacial score (nSPS) is 16.8. The van der Waals surface area contributed by atoms with Crippen LogP contribution in [0.2, 0.25) is 0 Å². The average molecular weight is 403 g/mol. The van der Waals surface area contributed by atoms with Gasteiger partial charge in [0.25, 0.3) is 5.91 Å². The summed E-state index contributed by atoms with van der Waals surface area (Å²) in [5.74, 6) is 0.268. The molecule has 0 radical (unpaired) electrons. The van der Waals surface area contributed by atoms with Crippen molar-refractivity contribution in [2.45, 2.75) is 32.7 Å². The van der Waals surface area contributed by atoms with Crippen LogP contribution in [-0.4, -0.2) is 26.6 Å². The van der Waals surface area contributed by atoms with Gasteiger partial charge in [-0.1, -0.05) is 6.92 Å². The summed E-state index contributed by atoms with van der Waals surface area (Å²) < 4.78 is 18.8. The molecule has 0 saturated heterocycles. The first-order chi connectivity index (χ1) is 13.4. The fourth-order valence-electron chi connectivity index (χ4n) is 3.63. The molecule has 0 aliphatic heterocycles. The van der Waals surface area contributed by atoms with Crippen LogP contribution in [0.4, 0.5) is 9.39 Å². The Balaban J connectivity index is 1.63. The van der Waals surface area contributed by atoms with Crippen LogP contribution in [0.5, 0.6) is 5.75 Å². The number of fused-ring (bicyclic) bond motifs is 1. The molecule has 1 aromatic heterocycles. The second-order valence-corrected chi connectivity index (χ2v) is 8.60. The van der Waals surface area contributed by atoms with Crippen molar-refractivity contribution in [2.75, 3.05) is 26.0 Å². The highest BCUT2D eigenvalue weighted by molar-refractivity contribution is 7.16. The summed E-state index contributed by atoms with van der Waals surface area (Å²) in [6, 6.07) is 7.09. The Labute approximate surface area is 168 Å². The van der Waals surface area contributed by atoms with E-state index in [4.69, 9.17) is 4.74 Å². The van der Waals surface area contributed by atoms with Gasteiger partial charge in [0.1, 0.15) is 17.6 Å². The molecule has 5 nitrogen and oxygen atoms in total. The first-order valence-corrected chi connectivity index (χ1v) is 10.2. The van der Waals surface area contributed by atoms with Gasteiger partial charge in [0.05, 0.1) is 19.7 Å². The number of hydrogen-bond acceptors (Lipinski definition) is 4. The number of hydrogen-bond donors (Lipinski definition) is 2. The largest absolute Gasteiger partial charge is 0.494 e. The van der Waals surface area contributed by atoms with Crippen LogP contribution in [0.15, 0.2) is 18.2 Å². The van der Waals surface area contributed by atoms with Gasteiger partial charge >= 0.3 is 0 Å². The third-order valence-corrected chi connectivity index (χ3v) is 6.23. The molecule has 1 aromatic carbocycles. The number of ether oxygens (including phenoxy) is 1. The summed E-state index contributed by atoms with van der Waals surface area (Å²) in [5, 5.41) is 13.1. The number of benzene rings is 1. The molecule has 28 heavy (non-hydrogen) atoms. The van der Waals surface area contributed by atoms with Crippen molar-refractivity contribution in [3.05, 3.63) is 45.6 Å². The quantitative estimate of drug-likeness (QED) is 0.780. The van der Waals surface area contributed by atoms with Gasteiger partial charge in [0, 0.05) is 10.4 Å². The SMILES string of the molecule is COc1ccc(C[NH+](C)CC(=O)Nc2sc3c(c2C#N)CC[C@@H](C)C3)cc1F. The van der Waals surface area contributed by atoms with Crippen molar-refractivity contribution in [3.8, 4) is 11.8 Å². The van der Waals surface area contributed by atoms with Gasteiger partial charge in [-0.15, -0.1) is 11.3 Å². The van der Waals surface area contributed by atoms with Crippen molar-refractivity contribution in [1.29, 1.82) is 5.26 Å². The number of rotatable bonds is 6. The maximum atomic E-state index is 13.8. The highest BCUT2D eigenvalue weighted by Crippen LogP contribution is 2.39. The van der Waals surface area contributed by atoms with E-state index < -0.39 is 5.82 Å². The Morgan fingerprint density at radius 2 is 2.29 bits per heavy atom. The van der Waals surface area contributed by atoms with Crippen LogP contribution < -0.4 is 15.0 Å². The van der Waals surface area contributed by atoms with Gasteiger partial charge in [-0.3, -0.25) is 4.79 Å². The first kappa shape index (κ1) is 20.3. The number of quaternary nitrogens is 1. The molecule has 1 heterocycles. The van der Waals surface area contributed by atoms with Crippen molar-refractivity contribution in [2.24, 2.45) is 5.92 Å². The lowest BCUT2D eigenvalue weighted by atomic mass is 9.89. The summed E-state index contributed by atoms with van der Waals surface area (Å²) in [5.41, 5.74) is 2.52. The van der Waals surface area contributed by atoms with Gasteiger partial charge in [-0.2, -0.15) is 5.26 Å². The summed E-state index contributed by atoms with van der Waals surface area (Å²) >= 11 is 1.53. The number of anilines is 1. The number of halogens is 1. The van der Waals surface area contributed by atoms with Gasteiger partial charge < -0.3 is 15.0 Å². The first-order valence-electron chi connectivity index (χ1n) is 9.39. The lowest BCUT2D eigenvalue weighted by Gasteiger charge is -2.17. The van der Waals surface area contributed by atoms with Crippen molar-refractivity contribution < 1.29 is 18.8 Å². The second-order valence-electron chi connectivity index (χ2n) is 7.50. The molecular formula is C21H25FN3O2S+. The number of nitriles is 1. The summed E-state index contributed by atoms with van der Waals surface area (Å²) in [7, 11) is 3.31. The molecule has 3 rings (SSSR count). The smallest absolute Gasteiger partial charge is 0.280 e. The molecule has 148 valence electrons. The van der Waals surface area contributed by atoms with Gasteiger partial charge in [0.15, 0.2) is 18.1 Å². The van der Waals surface area contributed by atoms with Gasteiger partial charge in [-0.05, 0) is 48.9 Å². The number of carbonyl (C=O) groups excluding carboxylic acids is 1. The molecule has 0 saturated carbocycles. The molecule has 1 aliphatic carbocycles. The topological polar surface area (TPSA) is 66.6 Å². The second kappa shape index (κ2) is 8.72. The minimum Gasteiger partial charge on any atom is -0.494 e. The molecule has 1 amide bonds. The molecule has 1 aliphatic rings. The molecule has 0 spiro atoms. The summed E-state index contributed by atoms with van der Waals surface area (Å²) in [4.78, 5) is 14.6. The van der Waals surface area contributed by atoms with E-state index >= 15 is 0 Å². The molecular weight excluding hydrogens is 377 g/mol. The number of nitrogens with one attached hydrogen (secondary N) is 2. The number of carbonyl (C=O) groups is 1. The Bertz CT molecular complexity index is 919. The maximum absolute atomic E-state index is 13.8. The lowest BCUT2D eigenvalue weighted by molar-refractivity contribution is -0.885. The van der Waals surface area contributed by atoms with E-state index in [0.717, 1.165) is 35.3 Å². The van der Waals surface area contributed by atoms with E-state index in [1.54, 1.807) is 12.1 Å². The lowest BCUT2D eigenvalue weighted by Crippen LogP contribution is -3.08. The van der Waals surface area contributed by atoms with Crippen molar-refractivity contribution >= 4 is 22.2 Å². The van der Waals surface area contributed by atoms with Crippen LogP contribution in [0.25, 0.3) is 0 Å². The van der Waals surface area contributed by atoms with Gasteiger partial charge in [0.2, 0.25) is 0 Å². The molecule has 0 fully saturated rings. The highest BCUT2D eigenvalue weighted by Gasteiger charge is 2.25. The van der Waals surface area contributed by atoms with Crippen LogP contribution in [-0.2, 0) is 24.2 Å². The van der Waals surface area contributed by atoms with E-state index in [1.807, 2.05) is 7.05 Å². The van der Waals surface area contributed by atoms with Crippen LogP contribution in [0.1, 0.15) is 34.9 Å². The minimum atomic E-state index is -0.408. The number of thiophene rings is 1. The number of likely N-dealkylation sites (N-methyl/N-ethyl adjacent to an activating group) is 1. The fraction of sp³-hybridized carbons (Fsp3) is 0.429.